The number of methoxy groups -OCH3 is 1. The van der Waals surface area contributed by atoms with Gasteiger partial charge in [0.05, 0.1) is 17.6 Å². The van der Waals surface area contributed by atoms with E-state index in [4.69, 9.17) is 4.74 Å². The second-order valence-electron chi connectivity index (χ2n) is 6.38. The van der Waals surface area contributed by atoms with Crippen LogP contribution in [0.1, 0.15) is 29.6 Å². The maximum atomic E-state index is 13.0. The molecule has 0 spiro atoms. The Labute approximate surface area is 163 Å². The number of hydrogen-bond donors (Lipinski definition) is 0. The zero-order valence-electron chi connectivity index (χ0n) is 15.4. The first-order valence-corrected chi connectivity index (χ1v) is 10.3. The first-order valence-electron chi connectivity index (χ1n) is 8.90. The SMILES string of the molecule is COC(=O)c1ccc(OC(=O)[C@H]2CCCCN2S(=O)(=O)c2ccccc2)cc1. The van der Waals surface area contributed by atoms with Gasteiger partial charge in [-0.05, 0) is 55.7 Å². The Bertz CT molecular complexity index is 940. The van der Waals surface area contributed by atoms with E-state index in [-0.39, 0.29) is 17.2 Å². The van der Waals surface area contributed by atoms with Crippen LogP contribution in [0.25, 0.3) is 0 Å². The topological polar surface area (TPSA) is 90.0 Å². The van der Waals surface area contributed by atoms with Crippen molar-refractivity contribution in [2.45, 2.75) is 30.2 Å². The smallest absolute Gasteiger partial charge is 0.337 e. The Morgan fingerprint density at radius 1 is 1.00 bits per heavy atom. The van der Waals surface area contributed by atoms with Gasteiger partial charge in [-0.15, -0.1) is 0 Å². The lowest BCUT2D eigenvalue weighted by molar-refractivity contribution is -0.139. The van der Waals surface area contributed by atoms with Crippen molar-refractivity contribution in [3.63, 3.8) is 0 Å². The Balaban J connectivity index is 1.78. The summed E-state index contributed by atoms with van der Waals surface area (Å²) in [4.78, 5) is 24.3. The third-order valence-electron chi connectivity index (χ3n) is 4.57. The molecule has 2 aromatic rings. The predicted octanol–water partition coefficient (Wildman–Crippen LogP) is 2.62. The molecule has 0 saturated carbocycles. The molecule has 0 bridgehead atoms. The molecule has 1 fully saturated rings. The Hall–Kier alpha value is -2.71. The fourth-order valence-electron chi connectivity index (χ4n) is 3.12. The van der Waals surface area contributed by atoms with Gasteiger partial charge >= 0.3 is 11.9 Å². The van der Waals surface area contributed by atoms with Gasteiger partial charge in [0.25, 0.3) is 0 Å². The summed E-state index contributed by atoms with van der Waals surface area (Å²) in [6.45, 7) is 0.262. The molecule has 1 atom stereocenters. The highest BCUT2D eigenvalue weighted by atomic mass is 32.2. The van der Waals surface area contributed by atoms with Crippen LogP contribution >= 0.6 is 0 Å². The minimum Gasteiger partial charge on any atom is -0.465 e. The molecule has 3 rings (SSSR count). The molecule has 0 radical (unpaired) electrons. The van der Waals surface area contributed by atoms with Gasteiger partial charge in [0.1, 0.15) is 11.8 Å². The van der Waals surface area contributed by atoms with Gasteiger partial charge in [-0.1, -0.05) is 18.2 Å². The van der Waals surface area contributed by atoms with Crippen LogP contribution in [0.3, 0.4) is 0 Å². The maximum absolute atomic E-state index is 13.0. The van der Waals surface area contributed by atoms with Crippen LogP contribution in [0.15, 0.2) is 59.5 Å². The maximum Gasteiger partial charge on any atom is 0.337 e. The van der Waals surface area contributed by atoms with Crippen molar-refractivity contribution in [1.82, 2.24) is 4.31 Å². The van der Waals surface area contributed by atoms with E-state index in [0.29, 0.717) is 18.4 Å². The molecule has 1 saturated heterocycles. The summed E-state index contributed by atoms with van der Waals surface area (Å²) < 4.78 is 37.2. The van der Waals surface area contributed by atoms with Crippen LogP contribution in [-0.4, -0.2) is 44.4 Å². The van der Waals surface area contributed by atoms with Gasteiger partial charge in [-0.25, -0.2) is 18.0 Å². The molecule has 1 aliphatic heterocycles. The van der Waals surface area contributed by atoms with Gasteiger partial charge in [0, 0.05) is 6.54 Å². The molecule has 28 heavy (non-hydrogen) atoms. The quantitative estimate of drug-likeness (QED) is 0.563. The monoisotopic (exact) mass is 403 g/mol. The molecule has 8 heteroatoms. The molecular weight excluding hydrogens is 382 g/mol. The molecule has 2 aromatic carbocycles. The number of nitrogens with zero attached hydrogens (tertiary/aromatic N) is 1. The summed E-state index contributed by atoms with van der Waals surface area (Å²) in [6.07, 6.45) is 1.82. The Kier molecular flexibility index (Phi) is 6.11. The van der Waals surface area contributed by atoms with E-state index >= 15 is 0 Å². The number of benzene rings is 2. The minimum atomic E-state index is -3.80. The van der Waals surface area contributed by atoms with Crippen LogP contribution in [0.4, 0.5) is 0 Å². The van der Waals surface area contributed by atoms with Crippen LogP contribution in [0.5, 0.6) is 5.75 Å². The third kappa shape index (κ3) is 4.23. The number of ether oxygens (including phenoxy) is 2. The van der Waals surface area contributed by atoms with Gasteiger partial charge in [0.15, 0.2) is 0 Å². The van der Waals surface area contributed by atoms with Crippen molar-refractivity contribution in [2.24, 2.45) is 0 Å². The second kappa shape index (κ2) is 8.53. The lowest BCUT2D eigenvalue weighted by Crippen LogP contribution is -2.49. The zero-order valence-corrected chi connectivity index (χ0v) is 16.2. The van der Waals surface area contributed by atoms with Crippen LogP contribution < -0.4 is 4.74 Å². The summed E-state index contributed by atoms with van der Waals surface area (Å²) >= 11 is 0. The van der Waals surface area contributed by atoms with Gasteiger partial charge in [-0.3, -0.25) is 0 Å². The van der Waals surface area contributed by atoms with Crippen LogP contribution in [0, 0.1) is 0 Å². The fourth-order valence-corrected chi connectivity index (χ4v) is 4.79. The molecule has 7 nitrogen and oxygen atoms in total. The summed E-state index contributed by atoms with van der Waals surface area (Å²) in [5.41, 5.74) is 0.327. The number of carbonyl (C=O) groups is 2. The van der Waals surface area contributed by atoms with E-state index in [1.54, 1.807) is 18.2 Å². The van der Waals surface area contributed by atoms with E-state index in [9.17, 15) is 18.0 Å². The van der Waals surface area contributed by atoms with Crippen LogP contribution in [-0.2, 0) is 19.6 Å². The second-order valence-corrected chi connectivity index (χ2v) is 8.27. The summed E-state index contributed by atoms with van der Waals surface area (Å²) in [6, 6.07) is 13.1. The number of carbonyl (C=O) groups excluding carboxylic acids is 2. The highest BCUT2D eigenvalue weighted by Gasteiger charge is 2.38. The fraction of sp³-hybridized carbons (Fsp3) is 0.300. The molecule has 0 unspecified atom stereocenters. The van der Waals surface area contributed by atoms with Gasteiger partial charge in [0.2, 0.25) is 10.0 Å². The summed E-state index contributed by atoms with van der Waals surface area (Å²) in [5, 5.41) is 0. The largest absolute Gasteiger partial charge is 0.465 e. The number of rotatable bonds is 5. The van der Waals surface area contributed by atoms with E-state index in [1.165, 1.54) is 47.8 Å². The molecule has 1 aliphatic rings. The van der Waals surface area contributed by atoms with Gasteiger partial charge in [-0.2, -0.15) is 4.31 Å². The lowest BCUT2D eigenvalue weighted by atomic mass is 10.1. The highest BCUT2D eigenvalue weighted by molar-refractivity contribution is 7.89. The van der Waals surface area contributed by atoms with Gasteiger partial charge < -0.3 is 9.47 Å². The first-order chi connectivity index (χ1) is 13.4. The van der Waals surface area contributed by atoms with Crippen molar-refractivity contribution in [2.75, 3.05) is 13.7 Å². The normalized spacial score (nSPS) is 17.7. The summed E-state index contributed by atoms with van der Waals surface area (Å²) in [7, 11) is -2.52. The lowest BCUT2D eigenvalue weighted by Gasteiger charge is -2.32. The number of hydrogen-bond acceptors (Lipinski definition) is 6. The highest BCUT2D eigenvalue weighted by Crippen LogP contribution is 2.26. The third-order valence-corrected chi connectivity index (χ3v) is 6.49. The molecule has 0 aromatic heterocycles. The van der Waals surface area contributed by atoms with E-state index < -0.39 is 28.0 Å². The van der Waals surface area contributed by atoms with Crippen molar-refractivity contribution in [3.8, 4) is 5.75 Å². The molecule has 0 aliphatic carbocycles. The van der Waals surface area contributed by atoms with Crippen molar-refractivity contribution < 1.29 is 27.5 Å². The average Bonchev–Trinajstić information content (AvgIpc) is 2.74. The number of piperidine rings is 1. The predicted molar refractivity (Wildman–Crippen MR) is 101 cm³/mol. The van der Waals surface area contributed by atoms with Crippen LogP contribution in [0.2, 0.25) is 0 Å². The number of esters is 2. The van der Waals surface area contributed by atoms with E-state index in [1.807, 2.05) is 0 Å². The zero-order chi connectivity index (χ0) is 20.1. The average molecular weight is 403 g/mol. The number of sulfonamides is 1. The molecule has 148 valence electrons. The Morgan fingerprint density at radius 3 is 2.32 bits per heavy atom. The van der Waals surface area contributed by atoms with Crippen molar-refractivity contribution in [3.05, 3.63) is 60.2 Å². The first kappa shape index (κ1) is 20.0. The minimum absolute atomic E-state index is 0.150. The Morgan fingerprint density at radius 2 is 1.68 bits per heavy atom. The van der Waals surface area contributed by atoms with E-state index in [2.05, 4.69) is 4.74 Å². The molecular formula is C20H21NO6S. The van der Waals surface area contributed by atoms with E-state index in [0.717, 1.165) is 6.42 Å². The summed E-state index contributed by atoms with van der Waals surface area (Å²) in [5.74, 6) is -0.893. The molecule has 0 N–H and O–H groups in total. The molecule has 0 amide bonds. The van der Waals surface area contributed by atoms with Crippen molar-refractivity contribution >= 4 is 22.0 Å². The van der Waals surface area contributed by atoms with Crippen molar-refractivity contribution in [1.29, 1.82) is 0 Å². The molecule has 1 heterocycles. The standard InChI is InChI=1S/C20H21NO6S/c1-26-19(22)15-10-12-16(13-11-15)27-20(23)18-9-5-6-14-21(18)28(24,25)17-7-3-2-4-8-17/h2-4,7-8,10-13,18H,5-6,9,14H2,1H3/t18-/m1/s1.